The van der Waals surface area contributed by atoms with Crippen LogP contribution < -0.4 is 0 Å². The predicted octanol–water partition coefficient (Wildman–Crippen LogP) is 3.29. The van der Waals surface area contributed by atoms with Gasteiger partial charge in [0.25, 0.3) is 0 Å². The lowest BCUT2D eigenvalue weighted by molar-refractivity contribution is -0.143. The third-order valence-electron chi connectivity index (χ3n) is 3.33. The van der Waals surface area contributed by atoms with Gasteiger partial charge in [0, 0.05) is 6.54 Å². The van der Waals surface area contributed by atoms with Gasteiger partial charge in [0.15, 0.2) is 0 Å². The number of carboxylic acids is 1. The number of carboxylic acid groups (broad SMARTS) is 1. The lowest BCUT2D eigenvalue weighted by Crippen LogP contribution is -2.35. The molecule has 1 fully saturated rings. The molecule has 1 aliphatic heterocycles. The van der Waals surface area contributed by atoms with Crippen LogP contribution in [0.4, 0.5) is 0 Å². The molecule has 0 radical (unpaired) electrons. The van der Waals surface area contributed by atoms with Gasteiger partial charge in [0.05, 0.1) is 16.0 Å². The molecule has 3 nitrogen and oxygen atoms in total. The Labute approximate surface area is 116 Å². The molecule has 0 atom stereocenters. The SMILES string of the molecule is O=C(O)C1CCN(Cc2ccc(Cl)c(Cl)c2)CC1. The van der Waals surface area contributed by atoms with Crippen molar-refractivity contribution in [3.05, 3.63) is 33.8 Å². The summed E-state index contributed by atoms with van der Waals surface area (Å²) in [7, 11) is 0. The first-order valence-electron chi connectivity index (χ1n) is 5.95. The van der Waals surface area contributed by atoms with Crippen molar-refractivity contribution >= 4 is 29.2 Å². The molecule has 0 aromatic heterocycles. The van der Waals surface area contributed by atoms with Crippen LogP contribution in [-0.2, 0) is 11.3 Å². The molecular weight excluding hydrogens is 273 g/mol. The van der Waals surface area contributed by atoms with E-state index in [1.165, 1.54) is 0 Å². The molecule has 0 aliphatic carbocycles. The van der Waals surface area contributed by atoms with Crippen LogP contribution >= 0.6 is 23.2 Å². The molecule has 2 rings (SSSR count). The summed E-state index contributed by atoms with van der Waals surface area (Å²) in [5.74, 6) is -0.862. The Balaban J connectivity index is 1.91. The summed E-state index contributed by atoms with van der Waals surface area (Å²) in [6.07, 6.45) is 1.44. The molecule has 0 amide bonds. The van der Waals surface area contributed by atoms with Crippen molar-refractivity contribution in [2.45, 2.75) is 19.4 Å². The van der Waals surface area contributed by atoms with Crippen LogP contribution in [0.5, 0.6) is 0 Å². The largest absolute Gasteiger partial charge is 0.481 e. The van der Waals surface area contributed by atoms with Crippen LogP contribution in [0.2, 0.25) is 10.0 Å². The van der Waals surface area contributed by atoms with Gasteiger partial charge in [-0.3, -0.25) is 9.69 Å². The van der Waals surface area contributed by atoms with E-state index in [1.54, 1.807) is 6.07 Å². The van der Waals surface area contributed by atoms with Crippen LogP contribution in [0.1, 0.15) is 18.4 Å². The van der Waals surface area contributed by atoms with Crippen molar-refractivity contribution in [1.82, 2.24) is 4.90 Å². The van der Waals surface area contributed by atoms with E-state index in [2.05, 4.69) is 4.90 Å². The molecule has 98 valence electrons. The summed E-state index contributed by atoms with van der Waals surface area (Å²) in [5, 5.41) is 10.1. The second kappa shape index (κ2) is 5.91. The van der Waals surface area contributed by atoms with Crippen molar-refractivity contribution in [2.75, 3.05) is 13.1 Å². The van der Waals surface area contributed by atoms with E-state index in [1.807, 2.05) is 12.1 Å². The number of rotatable bonds is 3. The first-order valence-corrected chi connectivity index (χ1v) is 6.71. The molecule has 1 heterocycles. The zero-order valence-corrected chi connectivity index (χ0v) is 11.4. The molecular formula is C13H15Cl2NO2. The predicted molar refractivity (Wildman–Crippen MR) is 72.1 cm³/mol. The van der Waals surface area contributed by atoms with Crippen LogP contribution in [-0.4, -0.2) is 29.1 Å². The summed E-state index contributed by atoms with van der Waals surface area (Å²) in [4.78, 5) is 13.1. The fourth-order valence-corrected chi connectivity index (χ4v) is 2.55. The van der Waals surface area contributed by atoms with Crippen LogP contribution in [0, 0.1) is 5.92 Å². The minimum atomic E-state index is -0.677. The molecule has 0 unspecified atom stereocenters. The van der Waals surface area contributed by atoms with Gasteiger partial charge in [-0.15, -0.1) is 0 Å². The Morgan fingerprint density at radius 1 is 1.28 bits per heavy atom. The minimum absolute atomic E-state index is 0.185. The first-order chi connectivity index (χ1) is 8.56. The number of piperidine rings is 1. The van der Waals surface area contributed by atoms with Crippen molar-refractivity contribution in [1.29, 1.82) is 0 Å². The Morgan fingerprint density at radius 2 is 1.94 bits per heavy atom. The van der Waals surface area contributed by atoms with Gasteiger partial charge in [-0.05, 0) is 43.6 Å². The Bertz CT molecular complexity index is 443. The van der Waals surface area contributed by atoms with E-state index in [-0.39, 0.29) is 5.92 Å². The summed E-state index contributed by atoms with van der Waals surface area (Å²) in [6.45, 7) is 2.43. The van der Waals surface area contributed by atoms with Crippen LogP contribution in [0.25, 0.3) is 0 Å². The van der Waals surface area contributed by atoms with Gasteiger partial charge in [0.1, 0.15) is 0 Å². The zero-order valence-electron chi connectivity index (χ0n) is 9.90. The van der Waals surface area contributed by atoms with Crippen LogP contribution in [0.3, 0.4) is 0 Å². The number of carbonyl (C=O) groups is 1. The minimum Gasteiger partial charge on any atom is -0.481 e. The molecule has 0 bridgehead atoms. The van der Waals surface area contributed by atoms with Gasteiger partial charge in [-0.25, -0.2) is 0 Å². The lowest BCUT2D eigenvalue weighted by atomic mass is 9.97. The van der Waals surface area contributed by atoms with Crippen LogP contribution in [0.15, 0.2) is 18.2 Å². The van der Waals surface area contributed by atoms with E-state index in [0.717, 1.165) is 38.0 Å². The van der Waals surface area contributed by atoms with Gasteiger partial charge < -0.3 is 5.11 Å². The number of hydrogen-bond donors (Lipinski definition) is 1. The second-order valence-electron chi connectivity index (χ2n) is 4.64. The highest BCUT2D eigenvalue weighted by Gasteiger charge is 2.24. The van der Waals surface area contributed by atoms with Gasteiger partial charge in [-0.1, -0.05) is 29.3 Å². The van der Waals surface area contributed by atoms with Crippen molar-refractivity contribution in [2.24, 2.45) is 5.92 Å². The molecule has 1 saturated heterocycles. The summed E-state index contributed by atoms with van der Waals surface area (Å²) < 4.78 is 0. The van der Waals surface area contributed by atoms with Crippen molar-refractivity contribution in [3.8, 4) is 0 Å². The Hall–Kier alpha value is -0.770. The quantitative estimate of drug-likeness (QED) is 0.927. The summed E-state index contributed by atoms with van der Waals surface area (Å²) in [6, 6.07) is 5.62. The third kappa shape index (κ3) is 3.37. The van der Waals surface area contributed by atoms with Gasteiger partial charge in [0.2, 0.25) is 0 Å². The molecule has 18 heavy (non-hydrogen) atoms. The van der Waals surface area contributed by atoms with Gasteiger partial charge >= 0.3 is 5.97 Å². The lowest BCUT2D eigenvalue weighted by Gasteiger charge is -2.30. The van der Waals surface area contributed by atoms with E-state index in [9.17, 15) is 4.79 Å². The van der Waals surface area contributed by atoms with E-state index >= 15 is 0 Å². The monoisotopic (exact) mass is 287 g/mol. The summed E-state index contributed by atoms with van der Waals surface area (Å²) in [5.41, 5.74) is 1.11. The fourth-order valence-electron chi connectivity index (χ4n) is 2.23. The molecule has 1 N–H and O–H groups in total. The zero-order chi connectivity index (χ0) is 13.1. The van der Waals surface area contributed by atoms with Crippen molar-refractivity contribution in [3.63, 3.8) is 0 Å². The molecule has 1 aromatic carbocycles. The first kappa shape index (κ1) is 13.7. The molecule has 1 aliphatic rings. The highest BCUT2D eigenvalue weighted by Crippen LogP contribution is 2.24. The number of halogens is 2. The molecule has 0 spiro atoms. The smallest absolute Gasteiger partial charge is 0.306 e. The van der Waals surface area contributed by atoms with E-state index in [4.69, 9.17) is 28.3 Å². The second-order valence-corrected chi connectivity index (χ2v) is 5.45. The van der Waals surface area contributed by atoms with Crippen molar-refractivity contribution < 1.29 is 9.90 Å². The third-order valence-corrected chi connectivity index (χ3v) is 4.07. The maximum atomic E-state index is 10.9. The maximum Gasteiger partial charge on any atom is 0.306 e. The number of hydrogen-bond acceptors (Lipinski definition) is 2. The standard InChI is InChI=1S/C13H15Cl2NO2/c14-11-2-1-9(7-12(11)15)8-16-5-3-10(4-6-16)13(17)18/h1-2,7,10H,3-6,8H2,(H,17,18). The highest BCUT2D eigenvalue weighted by atomic mass is 35.5. The number of benzene rings is 1. The number of aliphatic carboxylic acids is 1. The number of nitrogens with zero attached hydrogens (tertiary/aromatic N) is 1. The Morgan fingerprint density at radius 3 is 2.50 bits per heavy atom. The molecule has 1 aromatic rings. The Kier molecular flexibility index (Phi) is 4.49. The average Bonchev–Trinajstić information content (AvgIpc) is 2.34. The fraction of sp³-hybridized carbons (Fsp3) is 0.462. The number of likely N-dealkylation sites (tertiary alicyclic amines) is 1. The normalized spacial score (nSPS) is 17.9. The average molecular weight is 288 g/mol. The maximum absolute atomic E-state index is 10.9. The highest BCUT2D eigenvalue weighted by molar-refractivity contribution is 6.42. The van der Waals surface area contributed by atoms with Gasteiger partial charge in [-0.2, -0.15) is 0 Å². The topological polar surface area (TPSA) is 40.5 Å². The molecule has 0 saturated carbocycles. The molecule has 5 heteroatoms. The van der Waals surface area contributed by atoms with E-state index in [0.29, 0.717) is 10.0 Å². The summed E-state index contributed by atoms with van der Waals surface area (Å²) >= 11 is 11.8. The van der Waals surface area contributed by atoms with E-state index < -0.39 is 5.97 Å².